The Hall–Kier alpha value is -2.87. The van der Waals surface area contributed by atoms with Gasteiger partial charge < -0.3 is 28.8 Å². The molecule has 0 aliphatic carbocycles. The molecule has 0 saturated carbocycles. The van der Waals surface area contributed by atoms with Gasteiger partial charge in [-0.3, -0.25) is 4.90 Å². The van der Waals surface area contributed by atoms with Gasteiger partial charge in [-0.2, -0.15) is 0 Å². The van der Waals surface area contributed by atoms with Gasteiger partial charge in [-0.15, -0.1) is 0 Å². The average molecular weight is 445 g/mol. The van der Waals surface area contributed by atoms with Crippen molar-refractivity contribution < 1.29 is 18.6 Å². The van der Waals surface area contributed by atoms with Gasteiger partial charge in [-0.05, 0) is 44.5 Å². The van der Waals surface area contributed by atoms with Gasteiger partial charge in [0.1, 0.15) is 11.5 Å². The minimum Gasteiger partial charge on any atom is -0.493 e. The molecule has 2 aromatic rings. The highest BCUT2D eigenvalue weighted by molar-refractivity contribution is 5.80. The minimum absolute atomic E-state index is 0.622. The lowest BCUT2D eigenvalue weighted by atomic mass is 10.1. The van der Waals surface area contributed by atoms with E-state index in [0.29, 0.717) is 23.8 Å². The smallest absolute Gasteiger partial charge is 0.203 e. The Kier molecular flexibility index (Phi) is 8.27. The molecule has 0 spiro atoms. The van der Waals surface area contributed by atoms with Crippen LogP contribution in [-0.4, -0.2) is 69.8 Å². The number of aliphatic imine (C=N–C) groups is 1. The van der Waals surface area contributed by atoms with Crippen molar-refractivity contribution in [2.24, 2.45) is 4.99 Å². The second-order valence-corrected chi connectivity index (χ2v) is 7.91. The van der Waals surface area contributed by atoms with E-state index in [1.807, 2.05) is 26.0 Å². The van der Waals surface area contributed by atoms with Crippen LogP contribution in [0.5, 0.6) is 17.2 Å². The van der Waals surface area contributed by atoms with Gasteiger partial charge in [-0.25, -0.2) is 4.99 Å². The van der Waals surface area contributed by atoms with Gasteiger partial charge in [0.15, 0.2) is 17.5 Å². The molecule has 1 aromatic carbocycles. The Morgan fingerprint density at radius 2 is 1.66 bits per heavy atom. The monoisotopic (exact) mass is 444 g/mol. The molecule has 1 saturated heterocycles. The molecule has 3 rings (SSSR count). The van der Waals surface area contributed by atoms with Crippen molar-refractivity contribution in [3.63, 3.8) is 0 Å². The molecule has 8 heteroatoms. The fourth-order valence-electron chi connectivity index (χ4n) is 4.03. The van der Waals surface area contributed by atoms with Crippen molar-refractivity contribution >= 4 is 5.96 Å². The molecule has 176 valence electrons. The molecule has 0 radical (unpaired) electrons. The third-order valence-corrected chi connectivity index (χ3v) is 5.68. The molecular weight excluding hydrogens is 408 g/mol. The second-order valence-electron chi connectivity index (χ2n) is 7.91. The van der Waals surface area contributed by atoms with Crippen molar-refractivity contribution in [3.8, 4) is 17.2 Å². The number of piperazine rings is 1. The van der Waals surface area contributed by atoms with Crippen LogP contribution in [0.3, 0.4) is 0 Å². The number of hydrogen-bond donors (Lipinski definition) is 1. The molecule has 1 fully saturated rings. The number of aryl methyl sites for hydroxylation is 2. The van der Waals surface area contributed by atoms with E-state index in [1.54, 1.807) is 21.3 Å². The van der Waals surface area contributed by atoms with Gasteiger partial charge in [0.2, 0.25) is 5.75 Å². The van der Waals surface area contributed by atoms with E-state index in [9.17, 15) is 0 Å². The lowest BCUT2D eigenvalue weighted by molar-refractivity contribution is 0.172. The molecule has 0 atom stereocenters. The third kappa shape index (κ3) is 5.68. The van der Waals surface area contributed by atoms with Crippen molar-refractivity contribution in [2.45, 2.75) is 33.9 Å². The molecule has 1 aliphatic rings. The van der Waals surface area contributed by atoms with Crippen molar-refractivity contribution in [2.75, 3.05) is 54.1 Å². The maximum absolute atomic E-state index is 5.63. The quantitative estimate of drug-likeness (QED) is 0.495. The topological polar surface area (TPSA) is 71.7 Å². The normalized spacial score (nSPS) is 15.1. The molecule has 1 aromatic heterocycles. The SMILES string of the molecule is CCNC(=NCc1cc(C)oc1C)N1CCN(Cc2cc(OC)c(OC)c(OC)c2)CC1. The van der Waals surface area contributed by atoms with Crippen LogP contribution in [0, 0.1) is 13.8 Å². The number of guanidine groups is 1. The maximum atomic E-state index is 5.63. The van der Waals surface area contributed by atoms with Crippen LogP contribution in [0.25, 0.3) is 0 Å². The second kappa shape index (κ2) is 11.1. The summed E-state index contributed by atoms with van der Waals surface area (Å²) in [5.74, 6) is 4.82. The van der Waals surface area contributed by atoms with E-state index in [-0.39, 0.29) is 0 Å². The summed E-state index contributed by atoms with van der Waals surface area (Å²) in [4.78, 5) is 9.63. The van der Waals surface area contributed by atoms with E-state index < -0.39 is 0 Å². The summed E-state index contributed by atoms with van der Waals surface area (Å²) in [6.07, 6.45) is 0. The molecular formula is C24H36N4O4. The molecule has 1 N–H and O–H groups in total. The Morgan fingerprint density at radius 3 is 2.16 bits per heavy atom. The zero-order chi connectivity index (χ0) is 23.1. The van der Waals surface area contributed by atoms with Gasteiger partial charge >= 0.3 is 0 Å². The van der Waals surface area contributed by atoms with Crippen LogP contribution in [-0.2, 0) is 13.1 Å². The van der Waals surface area contributed by atoms with Crippen LogP contribution < -0.4 is 19.5 Å². The largest absolute Gasteiger partial charge is 0.493 e. The van der Waals surface area contributed by atoms with E-state index in [0.717, 1.165) is 67.9 Å². The zero-order valence-corrected chi connectivity index (χ0v) is 20.2. The van der Waals surface area contributed by atoms with Crippen LogP contribution in [0.1, 0.15) is 29.6 Å². The summed E-state index contributed by atoms with van der Waals surface area (Å²) in [5, 5.41) is 3.44. The number of furan rings is 1. The summed E-state index contributed by atoms with van der Waals surface area (Å²) in [5.41, 5.74) is 2.28. The highest BCUT2D eigenvalue weighted by Gasteiger charge is 2.21. The molecule has 1 aliphatic heterocycles. The van der Waals surface area contributed by atoms with E-state index in [2.05, 4.69) is 28.1 Å². The molecule has 2 heterocycles. The summed E-state index contributed by atoms with van der Waals surface area (Å²) in [6, 6.07) is 6.11. The number of nitrogens with one attached hydrogen (secondary N) is 1. The average Bonchev–Trinajstić information content (AvgIpc) is 3.13. The number of ether oxygens (including phenoxy) is 3. The van der Waals surface area contributed by atoms with Crippen LogP contribution in [0.15, 0.2) is 27.6 Å². The molecule has 32 heavy (non-hydrogen) atoms. The summed E-state index contributed by atoms with van der Waals surface area (Å²) in [7, 11) is 4.92. The highest BCUT2D eigenvalue weighted by Crippen LogP contribution is 2.38. The van der Waals surface area contributed by atoms with Crippen LogP contribution >= 0.6 is 0 Å². The van der Waals surface area contributed by atoms with Crippen LogP contribution in [0.4, 0.5) is 0 Å². The molecule has 8 nitrogen and oxygen atoms in total. The van der Waals surface area contributed by atoms with Gasteiger partial charge in [-0.1, -0.05) is 0 Å². The predicted molar refractivity (Wildman–Crippen MR) is 126 cm³/mol. The number of methoxy groups -OCH3 is 3. The minimum atomic E-state index is 0.622. The number of hydrogen-bond acceptors (Lipinski definition) is 6. The van der Waals surface area contributed by atoms with Gasteiger partial charge in [0.05, 0.1) is 27.9 Å². The van der Waals surface area contributed by atoms with Crippen molar-refractivity contribution in [1.82, 2.24) is 15.1 Å². The lowest BCUT2D eigenvalue weighted by Crippen LogP contribution is -2.52. The Balaban J connectivity index is 1.63. The molecule has 0 bridgehead atoms. The first-order chi connectivity index (χ1) is 15.5. The summed E-state index contributed by atoms with van der Waals surface area (Å²) in [6.45, 7) is 12.1. The summed E-state index contributed by atoms with van der Waals surface area (Å²) < 4.78 is 22.1. The van der Waals surface area contributed by atoms with Gasteiger partial charge in [0.25, 0.3) is 0 Å². The van der Waals surface area contributed by atoms with Crippen molar-refractivity contribution in [3.05, 3.63) is 40.8 Å². The van der Waals surface area contributed by atoms with Crippen molar-refractivity contribution in [1.29, 1.82) is 0 Å². The highest BCUT2D eigenvalue weighted by atomic mass is 16.5. The van der Waals surface area contributed by atoms with E-state index >= 15 is 0 Å². The number of nitrogens with zero attached hydrogens (tertiary/aromatic N) is 3. The Labute approximate surface area is 191 Å². The fraction of sp³-hybridized carbons (Fsp3) is 0.542. The number of rotatable bonds is 8. The maximum Gasteiger partial charge on any atom is 0.203 e. The third-order valence-electron chi connectivity index (χ3n) is 5.68. The standard InChI is InChI=1S/C24H36N4O4/c1-7-25-24(26-15-20-12-17(2)32-18(20)3)28-10-8-27(9-11-28)16-19-13-21(29-4)23(31-6)22(14-19)30-5/h12-14H,7-11,15-16H2,1-6H3,(H,25,26). The lowest BCUT2D eigenvalue weighted by Gasteiger charge is -2.36. The Bertz CT molecular complexity index is 892. The van der Waals surface area contributed by atoms with Gasteiger partial charge in [0, 0.05) is 44.8 Å². The first-order valence-corrected chi connectivity index (χ1v) is 11.1. The Morgan fingerprint density at radius 1 is 1.00 bits per heavy atom. The first kappa shape index (κ1) is 23.8. The van der Waals surface area contributed by atoms with Crippen LogP contribution in [0.2, 0.25) is 0 Å². The molecule has 0 amide bonds. The fourth-order valence-corrected chi connectivity index (χ4v) is 4.03. The first-order valence-electron chi connectivity index (χ1n) is 11.1. The molecule has 0 unspecified atom stereocenters. The summed E-state index contributed by atoms with van der Waals surface area (Å²) >= 11 is 0. The van der Waals surface area contributed by atoms with E-state index in [4.69, 9.17) is 23.6 Å². The predicted octanol–water partition coefficient (Wildman–Crippen LogP) is 3.21. The van der Waals surface area contributed by atoms with E-state index in [1.165, 1.54) is 0 Å². The number of benzene rings is 1. The zero-order valence-electron chi connectivity index (χ0n) is 20.2.